The third-order valence-corrected chi connectivity index (χ3v) is 10.5. The van der Waals surface area contributed by atoms with Gasteiger partial charge in [0.25, 0.3) is 5.91 Å². The van der Waals surface area contributed by atoms with E-state index >= 15 is 0 Å². The van der Waals surface area contributed by atoms with Gasteiger partial charge in [-0.25, -0.2) is 4.79 Å². The van der Waals surface area contributed by atoms with Gasteiger partial charge in [-0.05, 0) is 72.8 Å². The summed E-state index contributed by atoms with van der Waals surface area (Å²) < 4.78 is 12.7. The van der Waals surface area contributed by atoms with Gasteiger partial charge in [-0.3, -0.25) is 14.6 Å². The third kappa shape index (κ3) is 7.80. The van der Waals surface area contributed by atoms with Crippen LogP contribution in [0.4, 0.5) is 10.5 Å². The minimum atomic E-state index is -0.631. The number of nitrogens with zero attached hydrogens (tertiary/aromatic N) is 4. The fourth-order valence-corrected chi connectivity index (χ4v) is 7.39. The monoisotopic (exact) mass is 722 g/mol. The lowest BCUT2D eigenvalue weighted by Gasteiger charge is -2.47. The van der Waals surface area contributed by atoms with E-state index in [-0.39, 0.29) is 24.1 Å². The topological polar surface area (TPSA) is 65.6 Å². The molecule has 3 aliphatic rings. The molecule has 250 valence electrons. The maximum atomic E-state index is 14.1. The molecule has 8 nitrogen and oxygen atoms in total. The summed E-state index contributed by atoms with van der Waals surface area (Å²) in [6.45, 7) is 10.00. The Kier molecular flexibility index (Phi) is 10.2. The first-order valence-electron chi connectivity index (χ1n) is 16.5. The van der Waals surface area contributed by atoms with Crippen LogP contribution in [0.25, 0.3) is 0 Å². The van der Waals surface area contributed by atoms with Gasteiger partial charge in [0.1, 0.15) is 11.4 Å². The predicted molar refractivity (Wildman–Crippen MR) is 189 cm³/mol. The van der Waals surface area contributed by atoms with Crippen molar-refractivity contribution in [1.82, 2.24) is 14.7 Å². The molecule has 0 saturated carbocycles. The van der Waals surface area contributed by atoms with Crippen LogP contribution in [0.15, 0.2) is 77.3 Å². The highest BCUT2D eigenvalue weighted by molar-refractivity contribution is 9.10. The lowest BCUT2D eigenvalue weighted by molar-refractivity contribution is -0.127. The molecule has 1 atom stereocenters. The quantitative estimate of drug-likeness (QED) is 0.244. The minimum Gasteiger partial charge on any atom is -0.477 e. The molecule has 1 unspecified atom stereocenters. The molecular weight excluding hydrogens is 680 g/mol. The van der Waals surface area contributed by atoms with E-state index in [0.29, 0.717) is 29.8 Å². The molecular formula is C37H44BrClN4O4. The van der Waals surface area contributed by atoms with Crippen LogP contribution in [0.5, 0.6) is 5.75 Å². The van der Waals surface area contributed by atoms with Crippen LogP contribution in [-0.2, 0) is 9.53 Å². The SMILES string of the molecule is CN(C(=O)OC(C)(C)C)C1CCN(CC2Oc3cc(Br)c(Cl)cc3N(CC3CN(C(c4ccccc4)c4ccccc4)C3)C2=O)CC1. The van der Waals surface area contributed by atoms with Crippen molar-refractivity contribution < 1.29 is 19.1 Å². The Morgan fingerprint density at radius 2 is 1.60 bits per heavy atom. The lowest BCUT2D eigenvalue weighted by Crippen LogP contribution is -2.58. The lowest BCUT2D eigenvalue weighted by atomic mass is 9.89. The molecule has 47 heavy (non-hydrogen) atoms. The standard InChI is InChI=1S/C37H44BrClN4O4/c1-37(2,3)47-36(45)40(4)28-15-17-41(18-16-28)24-33-35(44)43(31-20-30(39)29(38)19-32(31)46-33)23-25-21-42(22-25)34(26-11-7-5-8-12-26)27-13-9-6-10-14-27/h5-14,19-20,25,28,33-34H,15-18,21-24H2,1-4H3. The molecule has 2 amide bonds. The number of piperidine rings is 1. The molecule has 3 aliphatic heterocycles. The van der Waals surface area contributed by atoms with E-state index in [1.807, 2.05) is 44.9 Å². The molecule has 2 saturated heterocycles. The molecule has 0 bridgehead atoms. The first-order valence-corrected chi connectivity index (χ1v) is 17.6. The summed E-state index contributed by atoms with van der Waals surface area (Å²) in [6.07, 6.45) is 0.681. The van der Waals surface area contributed by atoms with Gasteiger partial charge in [-0.2, -0.15) is 0 Å². The van der Waals surface area contributed by atoms with Crippen LogP contribution >= 0.6 is 27.5 Å². The Morgan fingerprint density at radius 1 is 1.00 bits per heavy atom. The Balaban J connectivity index is 1.12. The molecule has 6 rings (SSSR count). The zero-order chi connectivity index (χ0) is 33.3. The average Bonchev–Trinajstić information content (AvgIpc) is 3.03. The third-order valence-electron chi connectivity index (χ3n) is 9.34. The number of anilines is 1. The predicted octanol–water partition coefficient (Wildman–Crippen LogP) is 7.25. The zero-order valence-electron chi connectivity index (χ0n) is 27.6. The van der Waals surface area contributed by atoms with Crippen molar-refractivity contribution in [3.8, 4) is 5.75 Å². The fourth-order valence-electron chi connectivity index (χ4n) is 6.91. The highest BCUT2D eigenvalue weighted by Gasteiger charge is 2.41. The van der Waals surface area contributed by atoms with Crippen LogP contribution in [-0.4, -0.2) is 90.8 Å². The van der Waals surface area contributed by atoms with Gasteiger partial charge in [-0.1, -0.05) is 72.3 Å². The van der Waals surface area contributed by atoms with Crippen molar-refractivity contribution in [3.63, 3.8) is 0 Å². The summed E-state index contributed by atoms with van der Waals surface area (Å²) >= 11 is 10.1. The van der Waals surface area contributed by atoms with Gasteiger partial charge < -0.3 is 19.3 Å². The summed E-state index contributed by atoms with van der Waals surface area (Å²) in [7, 11) is 1.81. The minimum absolute atomic E-state index is 0.0370. The number of carbonyl (C=O) groups excluding carboxylic acids is 2. The van der Waals surface area contributed by atoms with Gasteiger partial charge in [-0.15, -0.1) is 0 Å². The van der Waals surface area contributed by atoms with Gasteiger partial charge in [0.15, 0.2) is 6.10 Å². The number of carbonyl (C=O) groups is 2. The average molecular weight is 724 g/mol. The van der Waals surface area contributed by atoms with Gasteiger partial charge in [0.2, 0.25) is 0 Å². The number of ether oxygens (including phenoxy) is 2. The largest absolute Gasteiger partial charge is 0.477 e. The van der Waals surface area contributed by atoms with Crippen molar-refractivity contribution in [3.05, 3.63) is 93.4 Å². The summed E-state index contributed by atoms with van der Waals surface area (Å²) in [6, 6.07) is 25.2. The molecule has 0 aromatic heterocycles. The molecule has 3 aromatic carbocycles. The Bertz CT molecular complexity index is 1520. The van der Waals surface area contributed by atoms with Crippen LogP contribution in [0.2, 0.25) is 5.02 Å². The maximum Gasteiger partial charge on any atom is 0.410 e. The van der Waals surface area contributed by atoms with Crippen molar-refractivity contribution in [2.75, 3.05) is 51.2 Å². The summed E-state index contributed by atoms with van der Waals surface area (Å²) in [5, 5.41) is 0.545. The van der Waals surface area contributed by atoms with Crippen LogP contribution < -0.4 is 9.64 Å². The number of likely N-dealkylation sites (tertiary alicyclic amines) is 2. The highest BCUT2D eigenvalue weighted by Crippen LogP contribution is 2.42. The molecule has 3 aromatic rings. The van der Waals surface area contributed by atoms with E-state index in [0.717, 1.165) is 49.2 Å². The fraction of sp³-hybridized carbons (Fsp3) is 0.459. The Morgan fingerprint density at radius 3 is 2.17 bits per heavy atom. The number of halogens is 2. The maximum absolute atomic E-state index is 14.1. The van der Waals surface area contributed by atoms with Crippen molar-refractivity contribution in [2.24, 2.45) is 5.92 Å². The van der Waals surface area contributed by atoms with Gasteiger partial charge in [0, 0.05) is 62.7 Å². The van der Waals surface area contributed by atoms with Crippen LogP contribution in [0.1, 0.15) is 50.8 Å². The van der Waals surface area contributed by atoms with E-state index in [2.05, 4.69) is 86.4 Å². The molecule has 0 spiro atoms. The number of fused-ring (bicyclic) bond motifs is 1. The van der Waals surface area contributed by atoms with Crippen molar-refractivity contribution in [2.45, 2.75) is 57.4 Å². The zero-order valence-corrected chi connectivity index (χ0v) is 29.9. The number of hydrogen-bond donors (Lipinski definition) is 0. The van der Waals surface area contributed by atoms with Crippen LogP contribution in [0.3, 0.4) is 0 Å². The normalized spacial score (nSPS) is 19.7. The van der Waals surface area contributed by atoms with Gasteiger partial charge >= 0.3 is 6.09 Å². The van der Waals surface area contributed by atoms with E-state index < -0.39 is 11.7 Å². The van der Waals surface area contributed by atoms with Gasteiger partial charge in [0.05, 0.1) is 16.8 Å². The van der Waals surface area contributed by atoms with Crippen LogP contribution in [0, 0.1) is 5.92 Å². The van der Waals surface area contributed by atoms with Crippen molar-refractivity contribution >= 4 is 45.2 Å². The Labute approximate surface area is 291 Å². The first kappa shape index (κ1) is 33.8. The second kappa shape index (κ2) is 14.2. The number of rotatable bonds is 8. The molecule has 10 heteroatoms. The molecule has 0 radical (unpaired) electrons. The molecule has 0 N–H and O–H groups in total. The summed E-state index contributed by atoms with van der Waals surface area (Å²) in [4.78, 5) is 35.1. The van der Waals surface area contributed by atoms with E-state index in [1.54, 1.807) is 4.90 Å². The van der Waals surface area contributed by atoms with E-state index in [1.165, 1.54) is 11.1 Å². The summed E-state index contributed by atoms with van der Waals surface area (Å²) in [5.74, 6) is 0.931. The molecule has 3 heterocycles. The second-order valence-corrected chi connectivity index (χ2v) is 15.2. The van der Waals surface area contributed by atoms with Crippen molar-refractivity contribution in [1.29, 1.82) is 0 Å². The Hall–Kier alpha value is -3.11. The number of benzene rings is 3. The highest BCUT2D eigenvalue weighted by atomic mass is 79.9. The second-order valence-electron chi connectivity index (χ2n) is 14.0. The molecule has 0 aliphatic carbocycles. The number of hydrogen-bond acceptors (Lipinski definition) is 6. The smallest absolute Gasteiger partial charge is 0.410 e. The molecule has 2 fully saturated rings. The van der Waals surface area contributed by atoms with E-state index in [9.17, 15) is 9.59 Å². The number of amides is 2. The first-order chi connectivity index (χ1) is 22.5. The summed E-state index contributed by atoms with van der Waals surface area (Å²) in [5.41, 5.74) is 2.72. The van der Waals surface area contributed by atoms with E-state index in [4.69, 9.17) is 21.1 Å².